The molecule has 1 aliphatic carbocycles. The van der Waals surface area contributed by atoms with E-state index < -0.39 is 0 Å². The summed E-state index contributed by atoms with van der Waals surface area (Å²) in [6.07, 6.45) is 8.77. The van der Waals surface area contributed by atoms with E-state index in [0.29, 0.717) is 12.6 Å². The van der Waals surface area contributed by atoms with Crippen molar-refractivity contribution in [3.8, 4) is 0 Å². The molecule has 20 heavy (non-hydrogen) atoms. The number of thiophene rings is 1. The molecule has 1 atom stereocenters. The lowest BCUT2D eigenvalue weighted by Gasteiger charge is -2.37. The van der Waals surface area contributed by atoms with E-state index in [-0.39, 0.29) is 5.41 Å². The zero-order valence-electron chi connectivity index (χ0n) is 13.0. The van der Waals surface area contributed by atoms with E-state index >= 15 is 0 Å². The van der Waals surface area contributed by atoms with Gasteiger partial charge < -0.3 is 10.0 Å². The predicted octanol–water partition coefficient (Wildman–Crippen LogP) is 3.94. The first-order valence-corrected chi connectivity index (χ1v) is 8.87. The summed E-state index contributed by atoms with van der Waals surface area (Å²) in [6.45, 7) is 3.70. The van der Waals surface area contributed by atoms with Crippen molar-refractivity contribution in [1.82, 2.24) is 4.90 Å². The summed E-state index contributed by atoms with van der Waals surface area (Å²) in [5.74, 6) is 0. The Balaban J connectivity index is 1.91. The number of rotatable bonds is 6. The van der Waals surface area contributed by atoms with Gasteiger partial charge in [0.05, 0.1) is 0 Å². The molecule has 1 unspecified atom stereocenters. The molecular formula is C17H29NOS. The number of aliphatic hydroxyl groups is 1. The maximum absolute atomic E-state index is 9.93. The van der Waals surface area contributed by atoms with Crippen molar-refractivity contribution in [2.24, 2.45) is 5.41 Å². The second kappa shape index (κ2) is 7.58. The molecule has 1 aromatic rings. The third-order valence-electron chi connectivity index (χ3n) is 4.91. The number of nitrogens with zero attached hydrogens (tertiary/aromatic N) is 1. The van der Waals surface area contributed by atoms with E-state index in [1.165, 1.54) is 43.4 Å². The summed E-state index contributed by atoms with van der Waals surface area (Å²) < 4.78 is 0. The summed E-state index contributed by atoms with van der Waals surface area (Å²) in [5, 5.41) is 12.1. The minimum Gasteiger partial charge on any atom is -0.396 e. The van der Waals surface area contributed by atoms with Gasteiger partial charge in [0.15, 0.2) is 0 Å². The molecule has 1 aromatic heterocycles. The lowest BCUT2D eigenvalue weighted by atomic mass is 9.80. The Kier molecular flexibility index (Phi) is 6.06. The molecule has 3 heteroatoms. The third-order valence-corrected chi connectivity index (χ3v) is 5.81. The second-order valence-electron chi connectivity index (χ2n) is 6.62. The zero-order valence-corrected chi connectivity index (χ0v) is 13.8. The topological polar surface area (TPSA) is 23.5 Å². The van der Waals surface area contributed by atoms with Crippen LogP contribution in [0.3, 0.4) is 0 Å². The standard InChI is InChI=1S/C17H29NOS/c1-15(12-16-8-7-11-20-16)18(2)13-17(14-19)9-5-3-4-6-10-17/h7-8,11,15,19H,3-6,9-10,12-14H2,1-2H3. The molecule has 0 aromatic carbocycles. The fraction of sp³-hybridized carbons (Fsp3) is 0.765. The number of likely N-dealkylation sites (N-methyl/N-ethyl adjacent to an activating group) is 1. The first kappa shape index (κ1) is 16.0. The molecule has 1 fully saturated rings. The number of hydrogen-bond donors (Lipinski definition) is 1. The molecule has 114 valence electrons. The largest absolute Gasteiger partial charge is 0.396 e. The van der Waals surface area contributed by atoms with Crippen LogP contribution < -0.4 is 0 Å². The highest BCUT2D eigenvalue weighted by atomic mass is 32.1. The maximum Gasteiger partial charge on any atom is 0.0499 e. The molecule has 0 saturated heterocycles. The monoisotopic (exact) mass is 295 g/mol. The molecular weight excluding hydrogens is 266 g/mol. The Hall–Kier alpha value is -0.380. The van der Waals surface area contributed by atoms with E-state index in [1.54, 1.807) is 0 Å². The van der Waals surface area contributed by atoms with E-state index in [0.717, 1.165) is 13.0 Å². The van der Waals surface area contributed by atoms with E-state index in [1.807, 2.05) is 11.3 Å². The van der Waals surface area contributed by atoms with E-state index in [2.05, 4.69) is 36.4 Å². The molecule has 1 saturated carbocycles. The van der Waals surface area contributed by atoms with E-state index in [4.69, 9.17) is 0 Å². The van der Waals surface area contributed by atoms with Gasteiger partial charge in [-0.1, -0.05) is 31.7 Å². The van der Waals surface area contributed by atoms with Crippen molar-refractivity contribution in [3.63, 3.8) is 0 Å². The summed E-state index contributed by atoms with van der Waals surface area (Å²) in [7, 11) is 2.22. The van der Waals surface area contributed by atoms with Crippen molar-refractivity contribution < 1.29 is 5.11 Å². The molecule has 0 amide bonds. The Morgan fingerprint density at radius 1 is 1.30 bits per heavy atom. The van der Waals surface area contributed by atoms with Gasteiger partial charge in [-0.25, -0.2) is 0 Å². The van der Waals surface area contributed by atoms with Crippen LogP contribution in [0.1, 0.15) is 50.3 Å². The van der Waals surface area contributed by atoms with Gasteiger partial charge >= 0.3 is 0 Å². The van der Waals surface area contributed by atoms with Gasteiger partial charge in [0, 0.05) is 29.5 Å². The maximum atomic E-state index is 9.93. The SMILES string of the molecule is CC(Cc1cccs1)N(C)CC1(CO)CCCCCC1. The van der Waals surface area contributed by atoms with Gasteiger partial charge in [-0.3, -0.25) is 0 Å². The highest BCUT2D eigenvalue weighted by molar-refractivity contribution is 7.09. The van der Waals surface area contributed by atoms with Gasteiger partial charge in [-0.15, -0.1) is 11.3 Å². The first-order chi connectivity index (χ1) is 9.65. The van der Waals surface area contributed by atoms with Gasteiger partial charge in [-0.2, -0.15) is 0 Å². The van der Waals surface area contributed by atoms with Gasteiger partial charge in [-0.05, 0) is 44.7 Å². The van der Waals surface area contributed by atoms with Crippen LogP contribution >= 0.6 is 11.3 Å². The fourth-order valence-electron chi connectivity index (χ4n) is 3.41. The summed E-state index contributed by atoms with van der Waals surface area (Å²) in [4.78, 5) is 3.92. The van der Waals surface area contributed by atoms with Crippen LogP contribution in [0.4, 0.5) is 0 Å². The number of hydrogen-bond acceptors (Lipinski definition) is 3. The smallest absolute Gasteiger partial charge is 0.0499 e. The normalized spacial score (nSPS) is 20.8. The van der Waals surface area contributed by atoms with Crippen molar-refractivity contribution in [1.29, 1.82) is 0 Å². The van der Waals surface area contributed by atoms with Crippen LogP contribution in [0, 0.1) is 5.41 Å². The fourth-order valence-corrected chi connectivity index (χ4v) is 4.23. The van der Waals surface area contributed by atoms with Crippen LogP contribution in [-0.4, -0.2) is 36.2 Å². The molecule has 0 aliphatic heterocycles. The van der Waals surface area contributed by atoms with Crippen LogP contribution in [0.2, 0.25) is 0 Å². The third kappa shape index (κ3) is 4.31. The quantitative estimate of drug-likeness (QED) is 0.803. The molecule has 0 bridgehead atoms. The lowest BCUT2D eigenvalue weighted by molar-refractivity contribution is 0.0563. The second-order valence-corrected chi connectivity index (χ2v) is 7.65. The molecule has 1 heterocycles. The van der Waals surface area contributed by atoms with Crippen LogP contribution in [0.25, 0.3) is 0 Å². The average molecular weight is 295 g/mol. The van der Waals surface area contributed by atoms with Gasteiger partial charge in [0.1, 0.15) is 0 Å². The Morgan fingerprint density at radius 2 is 2.00 bits per heavy atom. The highest BCUT2D eigenvalue weighted by Gasteiger charge is 2.32. The van der Waals surface area contributed by atoms with Crippen LogP contribution in [-0.2, 0) is 6.42 Å². The minimum absolute atomic E-state index is 0.148. The Morgan fingerprint density at radius 3 is 2.55 bits per heavy atom. The molecule has 0 radical (unpaired) electrons. The van der Waals surface area contributed by atoms with Gasteiger partial charge in [0.2, 0.25) is 0 Å². The minimum atomic E-state index is 0.148. The molecule has 2 nitrogen and oxygen atoms in total. The van der Waals surface area contributed by atoms with E-state index in [9.17, 15) is 5.11 Å². The van der Waals surface area contributed by atoms with Crippen LogP contribution in [0.5, 0.6) is 0 Å². The predicted molar refractivity (Wildman–Crippen MR) is 87.3 cm³/mol. The molecule has 2 rings (SSSR count). The average Bonchev–Trinajstić information content (AvgIpc) is 2.84. The first-order valence-electron chi connectivity index (χ1n) is 7.99. The van der Waals surface area contributed by atoms with Crippen molar-refractivity contribution in [2.75, 3.05) is 20.2 Å². The lowest BCUT2D eigenvalue weighted by Crippen LogP contribution is -2.42. The Labute approximate surface area is 127 Å². The number of aliphatic hydroxyl groups excluding tert-OH is 1. The highest BCUT2D eigenvalue weighted by Crippen LogP contribution is 2.35. The zero-order chi connectivity index (χ0) is 14.4. The summed E-state index contributed by atoms with van der Waals surface area (Å²) in [5.41, 5.74) is 0.148. The van der Waals surface area contributed by atoms with Crippen LogP contribution in [0.15, 0.2) is 17.5 Å². The van der Waals surface area contributed by atoms with Gasteiger partial charge in [0.25, 0.3) is 0 Å². The molecule has 1 N–H and O–H groups in total. The molecule has 1 aliphatic rings. The summed E-state index contributed by atoms with van der Waals surface area (Å²) in [6, 6.07) is 4.90. The Bertz CT molecular complexity index is 368. The molecule has 0 spiro atoms. The van der Waals surface area contributed by atoms with Crippen molar-refractivity contribution in [3.05, 3.63) is 22.4 Å². The summed E-state index contributed by atoms with van der Waals surface area (Å²) >= 11 is 1.85. The van der Waals surface area contributed by atoms with Crippen molar-refractivity contribution >= 4 is 11.3 Å². The van der Waals surface area contributed by atoms with Crippen molar-refractivity contribution in [2.45, 2.75) is 57.9 Å².